The summed E-state index contributed by atoms with van der Waals surface area (Å²) in [4.78, 5) is 12.2. The first-order valence-electron chi connectivity index (χ1n) is 6.06. The van der Waals surface area contributed by atoms with E-state index in [0.717, 1.165) is 37.9 Å². The van der Waals surface area contributed by atoms with Crippen LogP contribution < -0.4 is 5.32 Å². The first-order chi connectivity index (χ1) is 8.26. The molecule has 2 aliphatic rings. The van der Waals surface area contributed by atoms with Crippen LogP contribution in [-0.4, -0.2) is 36.4 Å². The lowest BCUT2D eigenvalue weighted by Gasteiger charge is -2.44. The second-order valence-corrected chi connectivity index (χ2v) is 5.06. The third-order valence-corrected chi connectivity index (χ3v) is 4.25. The van der Waals surface area contributed by atoms with Gasteiger partial charge in [-0.3, -0.25) is 9.89 Å². The Hall–Kier alpha value is -1.36. The summed E-state index contributed by atoms with van der Waals surface area (Å²) in [5.41, 5.74) is 1.97. The minimum absolute atomic E-state index is 0.0819. The fraction of sp³-hybridized carbons (Fsp3) is 0.667. The summed E-state index contributed by atoms with van der Waals surface area (Å²) in [6, 6.07) is 0. The lowest BCUT2D eigenvalue weighted by atomic mass is 9.63. The van der Waals surface area contributed by atoms with Crippen LogP contribution in [0.4, 0.5) is 0 Å². The summed E-state index contributed by atoms with van der Waals surface area (Å²) in [7, 11) is 1.48. The Labute approximate surface area is 99.9 Å². The van der Waals surface area contributed by atoms with Crippen LogP contribution in [0.5, 0.6) is 0 Å². The molecule has 0 radical (unpaired) electrons. The number of piperidine rings is 1. The number of carbonyl (C=O) groups is 1. The standard InChI is InChI=1S/C12H17N3O2/c1-17-11(16)12-5-8-6-14-15-10(8)4-9(12)2-3-13-7-12/h6,9,13H,2-5,7H2,1H3,(H,14,15)/t9-,12-/m0/s1. The van der Waals surface area contributed by atoms with Gasteiger partial charge in [0, 0.05) is 12.2 Å². The molecule has 17 heavy (non-hydrogen) atoms. The van der Waals surface area contributed by atoms with Crippen molar-refractivity contribution in [3.8, 4) is 0 Å². The number of nitrogens with one attached hydrogen (secondary N) is 2. The number of ether oxygens (including phenoxy) is 1. The van der Waals surface area contributed by atoms with Crippen LogP contribution in [-0.2, 0) is 22.4 Å². The summed E-state index contributed by atoms with van der Waals surface area (Å²) in [6.45, 7) is 1.70. The van der Waals surface area contributed by atoms with E-state index >= 15 is 0 Å². The second-order valence-electron chi connectivity index (χ2n) is 5.06. The minimum atomic E-state index is -0.385. The summed E-state index contributed by atoms with van der Waals surface area (Å²) < 4.78 is 5.03. The van der Waals surface area contributed by atoms with Crippen LogP contribution >= 0.6 is 0 Å². The minimum Gasteiger partial charge on any atom is -0.469 e. The summed E-state index contributed by atoms with van der Waals surface area (Å²) in [6.07, 6.45) is 4.51. The lowest BCUT2D eigenvalue weighted by molar-refractivity contribution is -0.158. The van der Waals surface area contributed by atoms with Crippen LogP contribution in [0.1, 0.15) is 17.7 Å². The highest BCUT2D eigenvalue weighted by atomic mass is 16.5. The molecule has 92 valence electrons. The molecular formula is C12H17N3O2. The highest BCUT2D eigenvalue weighted by molar-refractivity contribution is 5.78. The second kappa shape index (κ2) is 3.84. The predicted octanol–water partition coefficient (Wildman–Crippen LogP) is 0.277. The molecular weight excluding hydrogens is 218 g/mol. The molecule has 0 unspecified atom stereocenters. The van der Waals surface area contributed by atoms with Crippen LogP contribution in [0.15, 0.2) is 6.20 Å². The number of methoxy groups -OCH3 is 1. The zero-order chi connectivity index (χ0) is 11.9. The van der Waals surface area contributed by atoms with E-state index in [1.807, 2.05) is 6.20 Å². The Bertz CT molecular complexity index is 443. The molecule has 5 nitrogen and oxygen atoms in total. The van der Waals surface area contributed by atoms with Gasteiger partial charge in [-0.1, -0.05) is 0 Å². The first-order valence-corrected chi connectivity index (χ1v) is 6.06. The number of esters is 1. The summed E-state index contributed by atoms with van der Waals surface area (Å²) >= 11 is 0. The normalized spacial score (nSPS) is 31.5. The van der Waals surface area contributed by atoms with Crippen molar-refractivity contribution in [2.75, 3.05) is 20.2 Å². The predicted molar refractivity (Wildman–Crippen MR) is 61.4 cm³/mol. The van der Waals surface area contributed by atoms with Gasteiger partial charge in [-0.25, -0.2) is 0 Å². The van der Waals surface area contributed by atoms with Crippen molar-refractivity contribution in [2.45, 2.75) is 19.3 Å². The average molecular weight is 235 g/mol. The maximum Gasteiger partial charge on any atom is 0.313 e. The molecule has 2 atom stereocenters. The van der Waals surface area contributed by atoms with Gasteiger partial charge in [0.25, 0.3) is 0 Å². The van der Waals surface area contributed by atoms with Gasteiger partial charge in [-0.15, -0.1) is 0 Å². The monoisotopic (exact) mass is 235 g/mol. The molecule has 1 saturated heterocycles. The molecule has 0 amide bonds. The molecule has 1 aliphatic carbocycles. The lowest BCUT2D eigenvalue weighted by Crippen LogP contribution is -2.55. The van der Waals surface area contributed by atoms with Crippen molar-refractivity contribution in [1.29, 1.82) is 0 Å². The highest BCUT2D eigenvalue weighted by Gasteiger charge is 2.51. The Morgan fingerprint density at radius 2 is 2.53 bits per heavy atom. The van der Waals surface area contributed by atoms with Gasteiger partial charge in [0.2, 0.25) is 0 Å². The molecule has 1 aliphatic heterocycles. The van der Waals surface area contributed by atoms with Gasteiger partial charge in [0.1, 0.15) is 0 Å². The molecule has 1 fully saturated rings. The Kier molecular flexibility index (Phi) is 2.43. The van der Waals surface area contributed by atoms with Gasteiger partial charge in [-0.2, -0.15) is 5.10 Å². The van der Waals surface area contributed by atoms with Crippen LogP contribution in [0, 0.1) is 11.3 Å². The van der Waals surface area contributed by atoms with Crippen molar-refractivity contribution < 1.29 is 9.53 Å². The molecule has 0 bridgehead atoms. The third-order valence-electron chi connectivity index (χ3n) is 4.25. The molecule has 0 aromatic carbocycles. The topological polar surface area (TPSA) is 67.0 Å². The Morgan fingerprint density at radius 3 is 3.35 bits per heavy atom. The van der Waals surface area contributed by atoms with E-state index < -0.39 is 0 Å². The fourth-order valence-corrected chi connectivity index (χ4v) is 3.28. The van der Waals surface area contributed by atoms with Crippen molar-refractivity contribution in [2.24, 2.45) is 11.3 Å². The van der Waals surface area contributed by atoms with Gasteiger partial charge in [-0.05, 0) is 37.3 Å². The van der Waals surface area contributed by atoms with E-state index in [4.69, 9.17) is 4.74 Å². The van der Waals surface area contributed by atoms with Crippen molar-refractivity contribution in [1.82, 2.24) is 15.5 Å². The maximum absolute atomic E-state index is 12.2. The molecule has 3 rings (SSSR count). The number of fused-ring (bicyclic) bond motifs is 2. The van der Waals surface area contributed by atoms with Crippen molar-refractivity contribution >= 4 is 5.97 Å². The van der Waals surface area contributed by atoms with E-state index in [1.165, 1.54) is 12.8 Å². The molecule has 1 aromatic rings. The maximum atomic E-state index is 12.2. The first kappa shape index (κ1) is 10.8. The number of aromatic amines is 1. The number of rotatable bonds is 1. The third kappa shape index (κ3) is 1.49. The number of hydrogen-bond donors (Lipinski definition) is 2. The van der Waals surface area contributed by atoms with Gasteiger partial charge in [0.15, 0.2) is 0 Å². The van der Waals surface area contributed by atoms with Crippen LogP contribution in [0.3, 0.4) is 0 Å². The van der Waals surface area contributed by atoms with Crippen LogP contribution in [0.2, 0.25) is 0 Å². The van der Waals surface area contributed by atoms with Crippen molar-refractivity contribution in [3.05, 3.63) is 17.5 Å². The van der Waals surface area contributed by atoms with E-state index in [-0.39, 0.29) is 11.4 Å². The largest absolute Gasteiger partial charge is 0.469 e. The van der Waals surface area contributed by atoms with E-state index in [0.29, 0.717) is 5.92 Å². The Morgan fingerprint density at radius 1 is 1.65 bits per heavy atom. The number of H-pyrrole nitrogens is 1. The van der Waals surface area contributed by atoms with E-state index in [1.54, 1.807) is 0 Å². The highest BCUT2D eigenvalue weighted by Crippen LogP contribution is 2.43. The Balaban J connectivity index is 2.01. The molecule has 1 aromatic heterocycles. The summed E-state index contributed by atoms with van der Waals surface area (Å²) in [5, 5.41) is 10.5. The van der Waals surface area contributed by atoms with Gasteiger partial charge in [0.05, 0.1) is 18.7 Å². The summed E-state index contributed by atoms with van der Waals surface area (Å²) in [5.74, 6) is 0.283. The van der Waals surface area contributed by atoms with E-state index in [2.05, 4.69) is 15.5 Å². The zero-order valence-electron chi connectivity index (χ0n) is 9.95. The number of hydrogen-bond acceptors (Lipinski definition) is 4. The molecule has 0 saturated carbocycles. The molecule has 5 heteroatoms. The van der Waals surface area contributed by atoms with Gasteiger partial charge >= 0.3 is 5.97 Å². The molecule has 2 N–H and O–H groups in total. The smallest absolute Gasteiger partial charge is 0.313 e. The number of aromatic nitrogens is 2. The van der Waals surface area contributed by atoms with Gasteiger partial charge < -0.3 is 10.1 Å². The molecule has 0 spiro atoms. The fourth-order valence-electron chi connectivity index (χ4n) is 3.28. The van der Waals surface area contributed by atoms with E-state index in [9.17, 15) is 4.79 Å². The molecule has 2 heterocycles. The van der Waals surface area contributed by atoms with Crippen LogP contribution in [0.25, 0.3) is 0 Å². The zero-order valence-corrected chi connectivity index (χ0v) is 9.95. The SMILES string of the molecule is COC(=O)[C@@]12CNCC[C@H]1Cc1[nH]ncc1C2. The number of carbonyl (C=O) groups excluding carboxylic acids is 1. The number of nitrogens with zero attached hydrogens (tertiary/aromatic N) is 1. The average Bonchev–Trinajstić information content (AvgIpc) is 2.81. The van der Waals surface area contributed by atoms with Crippen molar-refractivity contribution in [3.63, 3.8) is 0 Å². The quantitative estimate of drug-likeness (QED) is 0.686.